The fourth-order valence-corrected chi connectivity index (χ4v) is 2.75. The Hall–Kier alpha value is -1.24. The largest absolute Gasteiger partial charge is 0.330 e. The van der Waals surface area contributed by atoms with Crippen molar-refractivity contribution in [2.75, 3.05) is 11.9 Å². The quantitative estimate of drug-likeness (QED) is 0.898. The van der Waals surface area contributed by atoms with E-state index in [1.807, 2.05) is 31.2 Å². The zero-order valence-electron chi connectivity index (χ0n) is 10.4. The normalized spacial score (nSPS) is 10.5. The average molecular weight is 340 g/mol. The van der Waals surface area contributed by atoms with Crippen molar-refractivity contribution < 1.29 is 4.79 Å². The maximum absolute atomic E-state index is 11.5. The van der Waals surface area contributed by atoms with Gasteiger partial charge in [0.15, 0.2) is 5.13 Å². The molecule has 0 spiro atoms. The third-order valence-electron chi connectivity index (χ3n) is 2.53. The van der Waals surface area contributed by atoms with Gasteiger partial charge in [-0.05, 0) is 19.1 Å². The number of amides is 1. The molecule has 100 valence electrons. The first-order valence-electron chi connectivity index (χ1n) is 5.83. The topological polar surface area (TPSA) is 68.0 Å². The number of aromatic nitrogens is 1. The van der Waals surface area contributed by atoms with Crippen molar-refractivity contribution in [2.45, 2.75) is 13.3 Å². The molecule has 0 unspecified atom stereocenters. The van der Waals surface area contributed by atoms with Crippen LogP contribution in [0.15, 0.2) is 28.7 Å². The number of nitrogens with zero attached hydrogens (tertiary/aromatic N) is 1. The van der Waals surface area contributed by atoms with Gasteiger partial charge < -0.3 is 11.1 Å². The van der Waals surface area contributed by atoms with E-state index in [0.29, 0.717) is 18.1 Å². The summed E-state index contributed by atoms with van der Waals surface area (Å²) in [6.45, 7) is 2.34. The van der Waals surface area contributed by atoms with E-state index in [9.17, 15) is 4.79 Å². The number of halogens is 1. The van der Waals surface area contributed by atoms with Crippen LogP contribution in [0.4, 0.5) is 5.13 Å². The Kier molecular flexibility index (Phi) is 4.68. The molecule has 0 aliphatic heterocycles. The van der Waals surface area contributed by atoms with E-state index in [0.717, 1.165) is 20.6 Å². The van der Waals surface area contributed by atoms with Crippen LogP contribution in [0, 0.1) is 6.92 Å². The first kappa shape index (κ1) is 14.2. The fraction of sp³-hybridized carbons (Fsp3) is 0.231. The number of hydrogen-bond donors (Lipinski definition) is 2. The van der Waals surface area contributed by atoms with Crippen molar-refractivity contribution in [2.24, 2.45) is 5.73 Å². The molecule has 0 saturated carbocycles. The molecule has 2 rings (SSSR count). The lowest BCUT2D eigenvalue weighted by molar-refractivity contribution is -0.116. The molecule has 1 amide bonds. The van der Waals surface area contributed by atoms with Crippen LogP contribution in [0.5, 0.6) is 0 Å². The molecule has 3 N–H and O–H groups in total. The maximum Gasteiger partial charge on any atom is 0.227 e. The minimum Gasteiger partial charge on any atom is -0.330 e. The van der Waals surface area contributed by atoms with Crippen molar-refractivity contribution >= 4 is 38.3 Å². The first-order chi connectivity index (χ1) is 9.10. The minimum atomic E-state index is -0.0985. The van der Waals surface area contributed by atoms with Crippen molar-refractivity contribution in [1.29, 1.82) is 0 Å². The Morgan fingerprint density at radius 2 is 2.11 bits per heavy atom. The lowest BCUT2D eigenvalue weighted by Crippen LogP contribution is -2.15. The van der Waals surface area contributed by atoms with E-state index >= 15 is 0 Å². The molecule has 1 aromatic carbocycles. The van der Waals surface area contributed by atoms with Gasteiger partial charge in [0.05, 0.1) is 5.69 Å². The molecule has 0 atom stereocenters. The molecule has 0 aliphatic carbocycles. The molecule has 0 radical (unpaired) electrons. The molecular formula is C13H14BrN3OS. The summed E-state index contributed by atoms with van der Waals surface area (Å²) in [5.74, 6) is -0.0985. The van der Waals surface area contributed by atoms with Crippen LogP contribution in [0.2, 0.25) is 0 Å². The van der Waals surface area contributed by atoms with Gasteiger partial charge in [-0.3, -0.25) is 4.79 Å². The second-order valence-electron chi connectivity index (χ2n) is 4.02. The molecule has 2 aromatic rings. The summed E-state index contributed by atoms with van der Waals surface area (Å²) < 4.78 is 1.03. The lowest BCUT2D eigenvalue weighted by atomic mass is 10.1. The number of anilines is 1. The molecule has 1 aromatic heterocycles. The Bertz CT molecular complexity index is 580. The number of carbonyl (C=O) groups excluding carboxylic acids is 1. The van der Waals surface area contributed by atoms with Gasteiger partial charge in [-0.25, -0.2) is 4.98 Å². The highest BCUT2D eigenvalue weighted by Crippen LogP contribution is 2.31. The van der Waals surface area contributed by atoms with Gasteiger partial charge in [0.2, 0.25) is 5.91 Å². The Morgan fingerprint density at radius 1 is 1.42 bits per heavy atom. The van der Waals surface area contributed by atoms with Gasteiger partial charge in [-0.15, -0.1) is 11.3 Å². The van der Waals surface area contributed by atoms with E-state index < -0.39 is 0 Å². The van der Waals surface area contributed by atoms with Gasteiger partial charge in [-0.2, -0.15) is 0 Å². The highest BCUT2D eigenvalue weighted by molar-refractivity contribution is 9.10. The van der Waals surface area contributed by atoms with Crippen LogP contribution >= 0.6 is 27.3 Å². The number of hydrogen-bond acceptors (Lipinski definition) is 4. The van der Waals surface area contributed by atoms with Gasteiger partial charge in [0.25, 0.3) is 0 Å². The van der Waals surface area contributed by atoms with E-state index in [1.165, 1.54) is 11.3 Å². The number of rotatable bonds is 4. The molecule has 6 heteroatoms. The van der Waals surface area contributed by atoms with Crippen LogP contribution in [-0.4, -0.2) is 17.4 Å². The maximum atomic E-state index is 11.5. The Balaban J connectivity index is 2.21. The van der Waals surface area contributed by atoms with Gasteiger partial charge in [0, 0.05) is 27.9 Å². The highest BCUT2D eigenvalue weighted by atomic mass is 79.9. The number of aryl methyl sites for hydroxylation is 1. The molecule has 0 aliphatic rings. The third kappa shape index (κ3) is 3.62. The van der Waals surface area contributed by atoms with E-state index in [4.69, 9.17) is 5.73 Å². The average Bonchev–Trinajstić information content (AvgIpc) is 2.71. The van der Waals surface area contributed by atoms with Crippen LogP contribution in [0.3, 0.4) is 0 Å². The summed E-state index contributed by atoms with van der Waals surface area (Å²) in [5.41, 5.74) is 7.28. The van der Waals surface area contributed by atoms with Gasteiger partial charge in [0.1, 0.15) is 0 Å². The number of nitrogens with one attached hydrogen (secondary N) is 1. The summed E-state index contributed by atoms with van der Waals surface area (Å²) in [6, 6.07) is 7.94. The van der Waals surface area contributed by atoms with Crippen LogP contribution in [-0.2, 0) is 4.79 Å². The number of benzene rings is 1. The van der Waals surface area contributed by atoms with Crippen molar-refractivity contribution in [3.8, 4) is 11.3 Å². The molecule has 1 heterocycles. The molecule has 19 heavy (non-hydrogen) atoms. The first-order valence-corrected chi connectivity index (χ1v) is 7.44. The molecule has 0 bridgehead atoms. The lowest BCUT2D eigenvalue weighted by Gasteiger charge is -1.99. The Morgan fingerprint density at radius 3 is 2.74 bits per heavy atom. The highest BCUT2D eigenvalue weighted by Gasteiger charge is 2.11. The summed E-state index contributed by atoms with van der Waals surface area (Å²) >= 11 is 4.88. The predicted molar refractivity (Wildman–Crippen MR) is 82.3 cm³/mol. The minimum absolute atomic E-state index is 0.0985. The standard InChI is InChI=1S/C13H14BrN3OS/c1-8-12(9-2-4-10(14)5-3-9)17-13(19-8)16-11(18)6-7-15/h2-5H,6-7,15H2,1H3,(H,16,17,18). The van der Waals surface area contributed by atoms with E-state index in [1.54, 1.807) is 0 Å². The van der Waals surface area contributed by atoms with Crippen LogP contribution in [0.25, 0.3) is 11.3 Å². The smallest absolute Gasteiger partial charge is 0.227 e. The van der Waals surface area contributed by atoms with Crippen LogP contribution < -0.4 is 11.1 Å². The van der Waals surface area contributed by atoms with Crippen molar-refractivity contribution in [1.82, 2.24) is 4.98 Å². The van der Waals surface area contributed by atoms with Crippen molar-refractivity contribution in [3.63, 3.8) is 0 Å². The molecular weight excluding hydrogens is 326 g/mol. The number of thiazole rings is 1. The van der Waals surface area contributed by atoms with Gasteiger partial charge >= 0.3 is 0 Å². The molecule has 0 fully saturated rings. The summed E-state index contributed by atoms with van der Waals surface area (Å²) in [6.07, 6.45) is 0.312. The van der Waals surface area contributed by atoms with E-state index in [2.05, 4.69) is 26.2 Å². The van der Waals surface area contributed by atoms with E-state index in [-0.39, 0.29) is 5.91 Å². The predicted octanol–water partition coefficient (Wildman–Crippen LogP) is 3.17. The second-order valence-corrected chi connectivity index (χ2v) is 6.14. The Labute approximate surface area is 124 Å². The molecule has 4 nitrogen and oxygen atoms in total. The number of carbonyl (C=O) groups is 1. The number of nitrogens with two attached hydrogens (primary N) is 1. The second kappa shape index (κ2) is 6.27. The van der Waals surface area contributed by atoms with Crippen LogP contribution in [0.1, 0.15) is 11.3 Å². The summed E-state index contributed by atoms with van der Waals surface area (Å²) in [7, 11) is 0. The molecule has 0 saturated heterocycles. The fourth-order valence-electron chi connectivity index (χ4n) is 1.64. The summed E-state index contributed by atoms with van der Waals surface area (Å²) in [4.78, 5) is 17.0. The zero-order valence-corrected chi connectivity index (χ0v) is 12.8. The summed E-state index contributed by atoms with van der Waals surface area (Å²) in [5, 5.41) is 3.38. The SMILES string of the molecule is Cc1sc(NC(=O)CCN)nc1-c1ccc(Br)cc1. The van der Waals surface area contributed by atoms with Gasteiger partial charge in [-0.1, -0.05) is 28.1 Å². The monoisotopic (exact) mass is 339 g/mol. The third-order valence-corrected chi connectivity index (χ3v) is 3.95. The van der Waals surface area contributed by atoms with Crippen molar-refractivity contribution in [3.05, 3.63) is 33.6 Å². The zero-order chi connectivity index (χ0) is 13.8.